The molecule has 5 heteroatoms. The molecule has 0 saturated heterocycles. The standard InChI is InChI=1S/C27H24Cl2NOS/c1-4-20(21-10-5-6-11-22(21)27(2,3)31)18-9-7-8-17(16-18)12-13-19-14-15-23-25(30-19)24(28)26(29)32-23/h5-16,20,31H,1,4H2,2-3H3. The molecule has 2 aromatic carbocycles. The van der Waals surface area contributed by atoms with Crippen molar-refractivity contribution in [3.8, 4) is 0 Å². The summed E-state index contributed by atoms with van der Waals surface area (Å²) in [5, 5.41) is 11.2. The summed E-state index contributed by atoms with van der Waals surface area (Å²) in [6.07, 6.45) is 4.71. The minimum absolute atomic E-state index is 0.0900. The van der Waals surface area contributed by atoms with Gasteiger partial charge in [0, 0.05) is 5.92 Å². The van der Waals surface area contributed by atoms with Crippen LogP contribution in [0.2, 0.25) is 9.36 Å². The summed E-state index contributed by atoms with van der Waals surface area (Å²) in [5.74, 6) is 0.0900. The molecule has 0 aliphatic heterocycles. The van der Waals surface area contributed by atoms with Gasteiger partial charge in [0.25, 0.3) is 0 Å². The number of aliphatic hydroxyl groups is 1. The third-order valence-electron chi connectivity index (χ3n) is 5.50. The van der Waals surface area contributed by atoms with Gasteiger partial charge in [0.1, 0.15) is 9.85 Å². The second-order valence-corrected chi connectivity index (χ2v) is 10.3. The molecule has 0 aliphatic carbocycles. The van der Waals surface area contributed by atoms with Crippen molar-refractivity contribution in [3.05, 3.63) is 105 Å². The van der Waals surface area contributed by atoms with Crippen molar-refractivity contribution in [2.75, 3.05) is 0 Å². The Labute approximate surface area is 203 Å². The van der Waals surface area contributed by atoms with Crippen molar-refractivity contribution in [2.24, 2.45) is 0 Å². The quantitative estimate of drug-likeness (QED) is 0.300. The van der Waals surface area contributed by atoms with Crippen molar-refractivity contribution >= 4 is 56.9 Å². The van der Waals surface area contributed by atoms with Crippen LogP contribution in [0.4, 0.5) is 0 Å². The molecular formula is C27H24Cl2NOS. The van der Waals surface area contributed by atoms with Crippen LogP contribution in [-0.4, -0.2) is 10.1 Å². The molecule has 2 heterocycles. The Morgan fingerprint density at radius 2 is 1.84 bits per heavy atom. The lowest BCUT2D eigenvalue weighted by molar-refractivity contribution is 0.0774. The molecular weight excluding hydrogens is 457 g/mol. The second-order valence-electron chi connectivity index (χ2n) is 8.26. The number of pyridine rings is 1. The van der Waals surface area contributed by atoms with Gasteiger partial charge in [-0.1, -0.05) is 84.7 Å². The minimum atomic E-state index is -0.919. The number of halogens is 2. The number of hydrogen-bond donors (Lipinski definition) is 1. The molecule has 1 radical (unpaired) electrons. The molecule has 4 aromatic rings. The van der Waals surface area contributed by atoms with Crippen LogP contribution in [-0.2, 0) is 5.60 Å². The summed E-state index contributed by atoms with van der Waals surface area (Å²) < 4.78 is 1.54. The minimum Gasteiger partial charge on any atom is -0.386 e. The molecule has 0 spiro atoms. The molecule has 0 aliphatic rings. The topological polar surface area (TPSA) is 33.1 Å². The first-order valence-electron chi connectivity index (χ1n) is 10.4. The van der Waals surface area contributed by atoms with Gasteiger partial charge in [-0.2, -0.15) is 0 Å². The number of hydrogen-bond acceptors (Lipinski definition) is 3. The van der Waals surface area contributed by atoms with E-state index >= 15 is 0 Å². The Balaban J connectivity index is 1.66. The molecule has 2 nitrogen and oxygen atoms in total. The molecule has 1 atom stereocenters. The van der Waals surface area contributed by atoms with E-state index in [2.05, 4.69) is 42.2 Å². The third-order valence-corrected chi connectivity index (χ3v) is 7.43. The van der Waals surface area contributed by atoms with E-state index in [4.69, 9.17) is 23.2 Å². The lowest BCUT2D eigenvalue weighted by Gasteiger charge is -2.26. The first kappa shape index (κ1) is 23.0. The Bertz CT molecular complexity index is 1290. The van der Waals surface area contributed by atoms with Crippen LogP contribution >= 0.6 is 34.5 Å². The van der Waals surface area contributed by atoms with Crippen LogP contribution < -0.4 is 0 Å². The van der Waals surface area contributed by atoms with Gasteiger partial charge in [0.15, 0.2) is 0 Å². The maximum Gasteiger partial charge on any atom is 0.114 e. The number of fused-ring (bicyclic) bond motifs is 1. The average molecular weight is 481 g/mol. The fourth-order valence-electron chi connectivity index (χ4n) is 3.95. The van der Waals surface area contributed by atoms with Crippen LogP contribution in [0.25, 0.3) is 22.4 Å². The van der Waals surface area contributed by atoms with Crippen molar-refractivity contribution in [1.82, 2.24) is 4.98 Å². The molecule has 1 N–H and O–H groups in total. The van der Waals surface area contributed by atoms with E-state index < -0.39 is 5.60 Å². The van der Waals surface area contributed by atoms with Crippen molar-refractivity contribution in [2.45, 2.75) is 31.8 Å². The first-order valence-corrected chi connectivity index (χ1v) is 12.0. The van der Waals surface area contributed by atoms with Crippen LogP contribution in [0.15, 0.2) is 60.7 Å². The zero-order chi connectivity index (χ0) is 22.9. The maximum atomic E-state index is 10.7. The average Bonchev–Trinajstić information content (AvgIpc) is 3.06. The molecule has 163 valence electrons. The van der Waals surface area contributed by atoms with Gasteiger partial charge in [0.05, 0.1) is 21.0 Å². The highest BCUT2D eigenvalue weighted by Gasteiger charge is 2.24. The van der Waals surface area contributed by atoms with Crippen molar-refractivity contribution < 1.29 is 5.11 Å². The van der Waals surface area contributed by atoms with Crippen LogP contribution in [0.5, 0.6) is 0 Å². The van der Waals surface area contributed by atoms with Gasteiger partial charge in [-0.05, 0) is 60.7 Å². The zero-order valence-corrected chi connectivity index (χ0v) is 20.3. The van der Waals surface area contributed by atoms with E-state index in [-0.39, 0.29) is 5.92 Å². The highest BCUT2D eigenvalue weighted by atomic mass is 35.5. The van der Waals surface area contributed by atoms with Gasteiger partial charge in [0.2, 0.25) is 0 Å². The van der Waals surface area contributed by atoms with Gasteiger partial charge in [-0.25, -0.2) is 4.98 Å². The Morgan fingerprint density at radius 1 is 1.06 bits per heavy atom. The van der Waals surface area contributed by atoms with E-state index in [0.717, 1.165) is 38.2 Å². The maximum absolute atomic E-state index is 10.7. The van der Waals surface area contributed by atoms with Crippen LogP contribution in [0, 0.1) is 6.92 Å². The summed E-state index contributed by atoms with van der Waals surface area (Å²) in [7, 11) is 0. The molecule has 0 amide bonds. The molecule has 2 aromatic heterocycles. The third kappa shape index (κ3) is 4.77. The monoisotopic (exact) mass is 480 g/mol. The molecule has 0 fully saturated rings. The molecule has 32 heavy (non-hydrogen) atoms. The fraction of sp³-hybridized carbons (Fsp3) is 0.185. The van der Waals surface area contributed by atoms with E-state index in [1.807, 2.05) is 56.3 Å². The molecule has 0 saturated carbocycles. The summed E-state index contributed by atoms with van der Waals surface area (Å²) in [4.78, 5) is 4.64. The normalized spacial score (nSPS) is 13.2. The van der Waals surface area contributed by atoms with E-state index in [0.29, 0.717) is 15.8 Å². The second kappa shape index (κ2) is 9.36. The van der Waals surface area contributed by atoms with Crippen LogP contribution in [0.3, 0.4) is 0 Å². The predicted octanol–water partition coefficient (Wildman–Crippen LogP) is 8.36. The highest BCUT2D eigenvalue weighted by Crippen LogP contribution is 2.38. The Morgan fingerprint density at radius 3 is 2.59 bits per heavy atom. The van der Waals surface area contributed by atoms with E-state index in [1.54, 1.807) is 0 Å². The van der Waals surface area contributed by atoms with E-state index in [9.17, 15) is 5.11 Å². The lowest BCUT2D eigenvalue weighted by atomic mass is 9.81. The van der Waals surface area contributed by atoms with Crippen molar-refractivity contribution in [1.29, 1.82) is 0 Å². The van der Waals surface area contributed by atoms with Crippen LogP contribution in [0.1, 0.15) is 54.1 Å². The summed E-state index contributed by atoms with van der Waals surface area (Å²) in [5.41, 5.74) is 4.90. The van der Waals surface area contributed by atoms with Crippen molar-refractivity contribution in [3.63, 3.8) is 0 Å². The summed E-state index contributed by atoms with van der Waals surface area (Å²) in [6.45, 7) is 7.84. The van der Waals surface area contributed by atoms with Gasteiger partial charge < -0.3 is 5.11 Å². The fourth-order valence-corrected chi connectivity index (χ4v) is 5.36. The number of rotatable bonds is 6. The number of aromatic nitrogens is 1. The summed E-state index contributed by atoms with van der Waals surface area (Å²) >= 11 is 13.8. The lowest BCUT2D eigenvalue weighted by Crippen LogP contribution is -2.19. The van der Waals surface area contributed by atoms with E-state index in [1.165, 1.54) is 11.3 Å². The SMILES string of the molecule is [CH2]CC(c1cccc(C=Cc2ccc3sc(Cl)c(Cl)c3n2)c1)c1ccccc1C(C)(C)O. The number of nitrogens with zero attached hydrogens (tertiary/aromatic N) is 1. The number of thiophene rings is 1. The largest absolute Gasteiger partial charge is 0.386 e. The molecule has 0 bridgehead atoms. The molecule has 1 unspecified atom stereocenters. The zero-order valence-electron chi connectivity index (χ0n) is 18.0. The summed E-state index contributed by atoms with van der Waals surface area (Å²) in [6, 6.07) is 20.4. The smallest absolute Gasteiger partial charge is 0.114 e. The van der Waals surface area contributed by atoms with Gasteiger partial charge >= 0.3 is 0 Å². The predicted molar refractivity (Wildman–Crippen MR) is 139 cm³/mol. The van der Waals surface area contributed by atoms with Gasteiger partial charge in [-0.3, -0.25) is 0 Å². The first-order chi connectivity index (χ1) is 15.3. The number of benzene rings is 2. The Kier molecular flexibility index (Phi) is 6.73. The Hall–Kier alpha value is -2.17. The van der Waals surface area contributed by atoms with Gasteiger partial charge in [-0.15, -0.1) is 11.3 Å². The molecule has 4 rings (SSSR count). The highest BCUT2D eigenvalue weighted by molar-refractivity contribution is 7.23.